The molecule has 0 radical (unpaired) electrons. The van der Waals surface area contributed by atoms with E-state index in [0.29, 0.717) is 11.8 Å². The average Bonchev–Trinajstić information content (AvgIpc) is 3.18. The van der Waals surface area contributed by atoms with Gasteiger partial charge in [-0.3, -0.25) is 9.36 Å². The Balaban J connectivity index is 1.32. The van der Waals surface area contributed by atoms with Crippen molar-refractivity contribution < 1.29 is 9.53 Å². The number of hydrogen-bond acceptors (Lipinski definition) is 6. The van der Waals surface area contributed by atoms with Crippen molar-refractivity contribution in [1.29, 1.82) is 0 Å². The summed E-state index contributed by atoms with van der Waals surface area (Å²) < 4.78 is 8.03. The van der Waals surface area contributed by atoms with Crippen molar-refractivity contribution in [3.8, 4) is 10.7 Å². The topological polar surface area (TPSA) is 60.3 Å². The molecule has 0 aromatic carbocycles. The van der Waals surface area contributed by atoms with Gasteiger partial charge in [0.05, 0.1) is 23.3 Å². The summed E-state index contributed by atoms with van der Waals surface area (Å²) in [4.78, 5) is 16.4. The van der Waals surface area contributed by atoms with Crippen molar-refractivity contribution in [3.05, 3.63) is 29.3 Å². The summed E-state index contributed by atoms with van der Waals surface area (Å²) in [5.74, 6) is 1.49. The summed E-state index contributed by atoms with van der Waals surface area (Å²) in [5.41, 5.74) is 1.24. The maximum absolute atomic E-state index is 13.2. The van der Waals surface area contributed by atoms with Crippen molar-refractivity contribution in [2.75, 3.05) is 12.4 Å². The Morgan fingerprint density at radius 3 is 2.90 bits per heavy atom. The molecule has 1 aliphatic heterocycles. The fourth-order valence-corrected chi connectivity index (χ4v) is 5.83. The number of allylic oxidation sites excluding steroid dienone is 2. The van der Waals surface area contributed by atoms with Crippen molar-refractivity contribution >= 4 is 29.0 Å². The predicted octanol–water partition coefficient (Wildman–Crippen LogP) is 4.73. The van der Waals surface area contributed by atoms with Gasteiger partial charge in [-0.05, 0) is 62.8 Å². The summed E-state index contributed by atoms with van der Waals surface area (Å²) in [5, 5.41) is 11.8. The second-order valence-electron chi connectivity index (χ2n) is 8.25. The number of aromatic nitrogens is 3. The van der Waals surface area contributed by atoms with E-state index in [1.165, 1.54) is 30.3 Å². The third kappa shape index (κ3) is 4.50. The van der Waals surface area contributed by atoms with E-state index in [2.05, 4.69) is 37.2 Å². The summed E-state index contributed by atoms with van der Waals surface area (Å²) >= 11 is 3.18. The minimum Gasteiger partial charge on any atom is -0.376 e. The van der Waals surface area contributed by atoms with E-state index < -0.39 is 0 Å². The molecule has 2 aromatic heterocycles. The molecule has 1 unspecified atom stereocenters. The largest absolute Gasteiger partial charge is 0.376 e. The molecule has 1 atom stereocenters. The van der Waals surface area contributed by atoms with Gasteiger partial charge in [0.2, 0.25) is 5.91 Å². The van der Waals surface area contributed by atoms with E-state index in [4.69, 9.17) is 4.74 Å². The average molecular weight is 445 g/mol. The van der Waals surface area contributed by atoms with E-state index in [0.717, 1.165) is 67.5 Å². The number of thiophene rings is 1. The van der Waals surface area contributed by atoms with Crippen molar-refractivity contribution in [1.82, 2.24) is 19.7 Å². The van der Waals surface area contributed by atoms with Crippen LogP contribution in [0.5, 0.6) is 0 Å². The Labute approximate surface area is 185 Å². The van der Waals surface area contributed by atoms with E-state index in [1.807, 2.05) is 6.07 Å². The fourth-order valence-electron chi connectivity index (χ4n) is 4.31. The molecule has 2 fully saturated rings. The molecule has 0 spiro atoms. The molecule has 2 aliphatic carbocycles. The van der Waals surface area contributed by atoms with Crippen LogP contribution in [0.2, 0.25) is 0 Å². The van der Waals surface area contributed by atoms with E-state index in [-0.39, 0.29) is 12.0 Å². The minimum atomic E-state index is 0.199. The molecule has 8 heteroatoms. The van der Waals surface area contributed by atoms with Crippen LogP contribution in [0.3, 0.4) is 0 Å². The molecule has 1 saturated carbocycles. The van der Waals surface area contributed by atoms with Crippen LogP contribution in [0, 0.1) is 0 Å². The molecule has 1 saturated heterocycles. The first-order chi connectivity index (χ1) is 14.8. The Hall–Kier alpha value is -1.64. The van der Waals surface area contributed by atoms with Gasteiger partial charge in [0.1, 0.15) is 0 Å². The molecule has 1 amide bonds. The van der Waals surface area contributed by atoms with Gasteiger partial charge < -0.3 is 9.64 Å². The first-order valence-corrected chi connectivity index (χ1v) is 12.9. The second kappa shape index (κ2) is 9.24. The Bertz CT molecular complexity index is 898. The lowest BCUT2D eigenvalue weighted by Crippen LogP contribution is -2.34. The van der Waals surface area contributed by atoms with Crippen molar-refractivity contribution in [3.63, 3.8) is 0 Å². The smallest absolute Gasteiger partial charge is 0.237 e. The second-order valence-corrected chi connectivity index (χ2v) is 10.1. The zero-order valence-electron chi connectivity index (χ0n) is 17.2. The minimum absolute atomic E-state index is 0.199. The molecular weight excluding hydrogens is 416 g/mol. The molecule has 5 rings (SSSR count). The first kappa shape index (κ1) is 20.3. The molecule has 30 heavy (non-hydrogen) atoms. The highest BCUT2D eigenvalue weighted by Gasteiger charge is 2.35. The number of hydrogen-bond donors (Lipinski definition) is 0. The highest BCUT2D eigenvalue weighted by atomic mass is 32.2. The standard InChI is InChI=1S/C22H28N4O2S2/c27-20(26(17-10-11-17)16-6-2-1-3-7-16)15-30-22-24-23-21(19-9-5-13-29-19)25(22)14-18-8-4-12-28-18/h5-6,9,13,17-18H,1-4,7-8,10-12,14-15H2. The normalized spacial score (nSPS) is 21.6. The van der Waals surface area contributed by atoms with Gasteiger partial charge in [-0.15, -0.1) is 21.5 Å². The van der Waals surface area contributed by atoms with Gasteiger partial charge in [0.15, 0.2) is 11.0 Å². The number of thioether (sulfide) groups is 1. The summed E-state index contributed by atoms with van der Waals surface area (Å²) in [6, 6.07) is 4.52. The maximum atomic E-state index is 13.2. The van der Waals surface area contributed by atoms with Crippen LogP contribution in [-0.2, 0) is 16.1 Å². The lowest BCUT2D eigenvalue weighted by Gasteiger charge is -2.27. The molecule has 3 heterocycles. The van der Waals surface area contributed by atoms with Gasteiger partial charge in [-0.1, -0.05) is 23.9 Å². The molecular formula is C22H28N4O2S2. The zero-order chi connectivity index (χ0) is 20.3. The van der Waals surface area contributed by atoms with Crippen LogP contribution in [0.15, 0.2) is 34.4 Å². The van der Waals surface area contributed by atoms with Crippen LogP contribution in [0.25, 0.3) is 10.7 Å². The Morgan fingerprint density at radius 2 is 2.20 bits per heavy atom. The summed E-state index contributed by atoms with van der Waals surface area (Å²) in [6.45, 7) is 1.57. The number of rotatable bonds is 8. The van der Waals surface area contributed by atoms with Gasteiger partial charge in [0, 0.05) is 18.3 Å². The Kier molecular flexibility index (Phi) is 6.24. The molecule has 160 valence electrons. The zero-order valence-corrected chi connectivity index (χ0v) is 18.8. The van der Waals surface area contributed by atoms with Gasteiger partial charge >= 0.3 is 0 Å². The van der Waals surface area contributed by atoms with Crippen LogP contribution in [0.1, 0.15) is 51.4 Å². The molecule has 2 aromatic rings. The quantitative estimate of drug-likeness (QED) is 0.551. The van der Waals surface area contributed by atoms with Crippen LogP contribution in [-0.4, -0.2) is 50.1 Å². The molecule has 6 nitrogen and oxygen atoms in total. The van der Waals surface area contributed by atoms with Crippen molar-refractivity contribution in [2.45, 2.75) is 75.2 Å². The lowest BCUT2D eigenvalue weighted by molar-refractivity contribution is -0.127. The van der Waals surface area contributed by atoms with Crippen LogP contribution >= 0.6 is 23.1 Å². The van der Waals surface area contributed by atoms with Crippen LogP contribution in [0.4, 0.5) is 0 Å². The molecule has 0 bridgehead atoms. The van der Waals surface area contributed by atoms with Crippen LogP contribution < -0.4 is 0 Å². The van der Waals surface area contributed by atoms with E-state index >= 15 is 0 Å². The number of carbonyl (C=O) groups is 1. The van der Waals surface area contributed by atoms with E-state index in [1.54, 1.807) is 11.3 Å². The number of ether oxygens (including phenoxy) is 1. The summed E-state index contributed by atoms with van der Waals surface area (Å²) in [7, 11) is 0. The van der Waals surface area contributed by atoms with Gasteiger partial charge in [0.25, 0.3) is 0 Å². The number of nitrogens with zero attached hydrogens (tertiary/aromatic N) is 4. The third-order valence-electron chi connectivity index (χ3n) is 5.95. The lowest BCUT2D eigenvalue weighted by atomic mass is 10.0. The first-order valence-electron chi connectivity index (χ1n) is 11.0. The Morgan fingerprint density at radius 1 is 1.27 bits per heavy atom. The molecule has 3 aliphatic rings. The predicted molar refractivity (Wildman–Crippen MR) is 119 cm³/mol. The summed E-state index contributed by atoms with van der Waals surface area (Å²) in [6.07, 6.45) is 11.5. The monoisotopic (exact) mass is 444 g/mol. The fraction of sp³-hybridized carbons (Fsp3) is 0.591. The maximum Gasteiger partial charge on any atom is 0.237 e. The van der Waals surface area contributed by atoms with E-state index in [9.17, 15) is 4.79 Å². The van der Waals surface area contributed by atoms with Crippen molar-refractivity contribution in [2.24, 2.45) is 0 Å². The van der Waals surface area contributed by atoms with Gasteiger partial charge in [-0.2, -0.15) is 0 Å². The highest BCUT2D eigenvalue weighted by Crippen LogP contribution is 2.35. The highest BCUT2D eigenvalue weighted by molar-refractivity contribution is 7.99. The SMILES string of the molecule is O=C(CSc1nnc(-c2cccs2)n1CC1CCCO1)N(C1=CCCCC1)C1CC1. The molecule has 0 N–H and O–H groups in total. The van der Waals surface area contributed by atoms with Gasteiger partial charge in [-0.25, -0.2) is 0 Å². The number of amides is 1. The third-order valence-corrected chi connectivity index (χ3v) is 7.77. The number of carbonyl (C=O) groups excluding carboxylic acids is 1.